The van der Waals surface area contributed by atoms with E-state index in [1.165, 1.54) is 30.2 Å². The van der Waals surface area contributed by atoms with Crippen molar-refractivity contribution in [3.8, 4) is 5.88 Å². The van der Waals surface area contributed by atoms with Gasteiger partial charge in [0.15, 0.2) is 0 Å². The minimum absolute atomic E-state index is 0.0157. The fraction of sp³-hybridized carbons (Fsp3) is 0.348. The maximum absolute atomic E-state index is 15.4. The number of rotatable bonds is 6. The summed E-state index contributed by atoms with van der Waals surface area (Å²) in [6.07, 6.45) is 0.298. The molecule has 0 atom stereocenters. The van der Waals surface area contributed by atoms with E-state index in [1.54, 1.807) is 12.1 Å². The third-order valence-corrected chi connectivity index (χ3v) is 5.82. The lowest BCUT2D eigenvalue weighted by Crippen LogP contribution is -2.45. The van der Waals surface area contributed by atoms with Gasteiger partial charge in [-0.25, -0.2) is 13.6 Å². The molecule has 0 bridgehead atoms. The molecule has 0 saturated carbocycles. The quantitative estimate of drug-likeness (QED) is 0.305. The number of aromatic nitrogens is 2. The Morgan fingerprint density at radius 2 is 1.82 bits per heavy atom. The number of ether oxygens (including phenoxy) is 2. The smallest absolute Gasteiger partial charge is 0.382 e. The summed E-state index contributed by atoms with van der Waals surface area (Å²) in [5, 5.41) is 3.70. The maximum Gasteiger partial charge on any atom is 0.382 e. The highest BCUT2D eigenvalue weighted by Gasteiger charge is 2.37. The van der Waals surface area contributed by atoms with E-state index in [9.17, 15) is 18.8 Å². The molecule has 2 aromatic heterocycles. The lowest BCUT2D eigenvalue weighted by molar-refractivity contribution is -0.135. The minimum Gasteiger partial charge on any atom is -0.480 e. The van der Waals surface area contributed by atoms with E-state index in [0.29, 0.717) is 5.56 Å². The number of hydrogen-bond donors (Lipinski definition) is 0. The zero-order valence-corrected chi connectivity index (χ0v) is 18.5. The molecule has 11 heteroatoms. The Labute approximate surface area is 192 Å². The molecule has 1 aromatic carbocycles. The van der Waals surface area contributed by atoms with Gasteiger partial charge in [-0.15, -0.1) is 0 Å². The predicted molar refractivity (Wildman–Crippen MR) is 114 cm³/mol. The van der Waals surface area contributed by atoms with Crippen LogP contribution < -0.4 is 4.74 Å². The highest BCUT2D eigenvalue weighted by molar-refractivity contribution is 6.41. The number of amides is 1. The van der Waals surface area contributed by atoms with E-state index in [-0.39, 0.29) is 60.6 Å². The van der Waals surface area contributed by atoms with Crippen LogP contribution in [0.15, 0.2) is 34.9 Å². The van der Waals surface area contributed by atoms with Gasteiger partial charge in [-0.3, -0.25) is 9.59 Å². The Morgan fingerprint density at radius 3 is 2.44 bits per heavy atom. The molecule has 0 radical (unpaired) electrons. The number of benzene rings is 1. The number of carbonyl (C=O) groups excluding carboxylic acids is 3. The standard InChI is InChI=1S/C23H21F2N3O6/c1-32-20-16(11-15-18(17(29)22(31)33-2)34-27-19(15)26-20)21(30)28-9-7-23(25,8-10-28)12-13-3-5-14(24)6-4-13/h3-6,11H,7-10,12H2,1-2H3. The molecule has 1 aliphatic heterocycles. The molecule has 0 unspecified atom stereocenters. The van der Waals surface area contributed by atoms with Gasteiger partial charge >= 0.3 is 11.8 Å². The SMILES string of the molecule is COC(=O)C(=O)c1onc2nc(OC)c(C(=O)N3CCC(F)(Cc4ccc(F)cc4)CC3)cc12. The third kappa shape index (κ3) is 4.45. The molecule has 3 heterocycles. The van der Waals surface area contributed by atoms with Gasteiger partial charge in [0.05, 0.1) is 19.6 Å². The molecule has 4 rings (SSSR count). The molecule has 0 N–H and O–H groups in total. The zero-order chi connectivity index (χ0) is 24.5. The summed E-state index contributed by atoms with van der Waals surface area (Å²) in [6.45, 7) is 0.268. The Hall–Kier alpha value is -3.89. The number of piperidine rings is 1. The number of ketones is 1. The van der Waals surface area contributed by atoms with Crippen molar-refractivity contribution >= 4 is 28.7 Å². The highest BCUT2D eigenvalue weighted by atomic mass is 19.1. The van der Waals surface area contributed by atoms with Gasteiger partial charge < -0.3 is 18.9 Å². The molecule has 1 fully saturated rings. The number of esters is 1. The summed E-state index contributed by atoms with van der Waals surface area (Å²) in [5.74, 6) is -3.55. The number of methoxy groups -OCH3 is 2. The first kappa shape index (κ1) is 23.3. The Morgan fingerprint density at radius 1 is 1.15 bits per heavy atom. The van der Waals surface area contributed by atoms with Crippen molar-refractivity contribution in [1.29, 1.82) is 0 Å². The molecule has 3 aromatic rings. The number of alkyl halides is 1. The summed E-state index contributed by atoms with van der Waals surface area (Å²) < 4.78 is 43.1. The second-order valence-electron chi connectivity index (χ2n) is 8.00. The molecular weight excluding hydrogens is 452 g/mol. The average molecular weight is 473 g/mol. The largest absolute Gasteiger partial charge is 0.480 e. The lowest BCUT2D eigenvalue weighted by Gasteiger charge is -2.36. The van der Waals surface area contributed by atoms with Gasteiger partial charge in [-0.2, -0.15) is 4.98 Å². The Balaban J connectivity index is 1.55. The van der Waals surface area contributed by atoms with E-state index < -0.39 is 29.1 Å². The first-order chi connectivity index (χ1) is 16.2. The van der Waals surface area contributed by atoms with Crippen molar-refractivity contribution in [2.24, 2.45) is 0 Å². The van der Waals surface area contributed by atoms with Gasteiger partial charge in [0, 0.05) is 19.5 Å². The molecule has 1 aliphatic rings. The molecule has 9 nitrogen and oxygen atoms in total. The summed E-state index contributed by atoms with van der Waals surface area (Å²) >= 11 is 0. The van der Waals surface area contributed by atoms with Gasteiger partial charge in [0.1, 0.15) is 17.0 Å². The van der Waals surface area contributed by atoms with Gasteiger partial charge in [0.2, 0.25) is 17.3 Å². The van der Waals surface area contributed by atoms with Gasteiger partial charge in [-0.05, 0) is 36.6 Å². The van der Waals surface area contributed by atoms with Gasteiger partial charge in [0.25, 0.3) is 5.91 Å². The molecule has 178 valence electrons. The first-order valence-corrected chi connectivity index (χ1v) is 10.4. The molecular formula is C23H21F2N3O6. The van der Waals surface area contributed by atoms with Crippen LogP contribution in [0.2, 0.25) is 0 Å². The van der Waals surface area contributed by atoms with Crippen LogP contribution in [0.5, 0.6) is 5.88 Å². The lowest BCUT2D eigenvalue weighted by atomic mass is 9.87. The monoisotopic (exact) mass is 473 g/mol. The van der Waals surface area contributed by atoms with Crippen LogP contribution in [0.4, 0.5) is 8.78 Å². The van der Waals surface area contributed by atoms with Crippen LogP contribution in [0.1, 0.15) is 39.3 Å². The van der Waals surface area contributed by atoms with Crippen LogP contribution in [0.25, 0.3) is 11.0 Å². The molecule has 1 saturated heterocycles. The number of carbonyl (C=O) groups is 3. The normalized spacial score (nSPS) is 15.2. The van der Waals surface area contributed by atoms with Crippen LogP contribution >= 0.6 is 0 Å². The number of likely N-dealkylation sites (tertiary alicyclic amines) is 1. The fourth-order valence-electron chi connectivity index (χ4n) is 3.95. The van der Waals surface area contributed by atoms with Crippen molar-refractivity contribution in [3.63, 3.8) is 0 Å². The van der Waals surface area contributed by atoms with E-state index in [0.717, 1.165) is 7.11 Å². The summed E-state index contributed by atoms with van der Waals surface area (Å²) in [5.41, 5.74) is -0.867. The van der Waals surface area contributed by atoms with Crippen molar-refractivity contribution in [2.75, 3.05) is 27.3 Å². The fourth-order valence-corrected chi connectivity index (χ4v) is 3.95. The Kier molecular flexibility index (Phi) is 6.27. The highest BCUT2D eigenvalue weighted by Crippen LogP contribution is 2.33. The number of nitrogens with zero attached hydrogens (tertiary/aromatic N) is 3. The van der Waals surface area contributed by atoms with Crippen LogP contribution in [0, 0.1) is 5.82 Å². The van der Waals surface area contributed by atoms with E-state index >= 15 is 4.39 Å². The zero-order valence-electron chi connectivity index (χ0n) is 18.5. The number of halogens is 2. The number of hydrogen-bond acceptors (Lipinski definition) is 8. The van der Waals surface area contributed by atoms with Crippen molar-refractivity contribution < 1.29 is 37.2 Å². The molecule has 0 aliphatic carbocycles. The van der Waals surface area contributed by atoms with E-state index in [1.807, 2.05) is 0 Å². The van der Waals surface area contributed by atoms with E-state index in [4.69, 9.17) is 9.26 Å². The number of Topliss-reactive ketones (excluding diaryl/α,β-unsaturated/α-hetero) is 1. The summed E-state index contributed by atoms with van der Waals surface area (Å²) in [4.78, 5) is 42.6. The second-order valence-corrected chi connectivity index (χ2v) is 8.00. The second kappa shape index (κ2) is 9.16. The van der Waals surface area contributed by atoms with Crippen LogP contribution in [-0.4, -0.2) is 65.7 Å². The summed E-state index contributed by atoms with van der Waals surface area (Å²) in [6, 6.07) is 6.98. The van der Waals surface area contributed by atoms with Gasteiger partial charge in [-0.1, -0.05) is 17.3 Å². The number of pyridine rings is 1. The van der Waals surface area contributed by atoms with E-state index in [2.05, 4.69) is 14.9 Å². The van der Waals surface area contributed by atoms with Crippen LogP contribution in [0.3, 0.4) is 0 Å². The molecule has 0 spiro atoms. The average Bonchev–Trinajstić information content (AvgIpc) is 3.26. The topological polar surface area (TPSA) is 112 Å². The predicted octanol–water partition coefficient (Wildman–Crippen LogP) is 2.91. The molecule has 1 amide bonds. The van der Waals surface area contributed by atoms with Crippen molar-refractivity contribution in [3.05, 3.63) is 53.0 Å². The molecule has 34 heavy (non-hydrogen) atoms. The first-order valence-electron chi connectivity index (χ1n) is 10.4. The number of fused-ring (bicyclic) bond motifs is 1. The minimum atomic E-state index is -1.53. The Bertz CT molecular complexity index is 1250. The third-order valence-electron chi connectivity index (χ3n) is 5.82. The summed E-state index contributed by atoms with van der Waals surface area (Å²) in [7, 11) is 2.36. The van der Waals surface area contributed by atoms with Crippen LogP contribution in [-0.2, 0) is 16.0 Å². The maximum atomic E-state index is 15.4. The van der Waals surface area contributed by atoms with Crippen molar-refractivity contribution in [1.82, 2.24) is 15.0 Å². The van der Waals surface area contributed by atoms with Crippen molar-refractivity contribution in [2.45, 2.75) is 24.9 Å².